The lowest BCUT2D eigenvalue weighted by molar-refractivity contribution is -0.137. The number of halogens is 3. The molecule has 140 valence electrons. The van der Waals surface area contributed by atoms with Crippen molar-refractivity contribution in [2.45, 2.75) is 24.6 Å². The number of benzene rings is 1. The van der Waals surface area contributed by atoms with Crippen molar-refractivity contribution in [3.63, 3.8) is 0 Å². The number of piperidine rings is 1. The fourth-order valence-corrected chi connectivity index (χ4v) is 5.17. The summed E-state index contributed by atoms with van der Waals surface area (Å²) < 4.78 is 41.0. The zero-order valence-corrected chi connectivity index (χ0v) is 14.3. The molecule has 27 heavy (non-hydrogen) atoms. The van der Waals surface area contributed by atoms with Gasteiger partial charge < -0.3 is 10.2 Å². The van der Waals surface area contributed by atoms with Gasteiger partial charge in [-0.25, -0.2) is 0 Å². The molecule has 6 rings (SSSR count). The number of alkyl halides is 3. The van der Waals surface area contributed by atoms with Gasteiger partial charge in [-0.1, -0.05) is 0 Å². The van der Waals surface area contributed by atoms with E-state index in [0.29, 0.717) is 23.0 Å². The molecule has 8 heteroatoms. The van der Waals surface area contributed by atoms with E-state index in [-0.39, 0.29) is 29.4 Å². The number of rotatable bonds is 1. The van der Waals surface area contributed by atoms with Crippen LogP contribution in [0.1, 0.15) is 40.6 Å². The first kappa shape index (κ1) is 16.5. The second-order valence-electron chi connectivity index (χ2n) is 7.70. The Balaban J connectivity index is 1.72. The van der Waals surface area contributed by atoms with Gasteiger partial charge in [0.15, 0.2) is 0 Å². The van der Waals surface area contributed by atoms with Crippen LogP contribution in [-0.4, -0.2) is 33.3 Å². The Morgan fingerprint density at radius 1 is 1.15 bits per heavy atom. The highest BCUT2D eigenvalue weighted by molar-refractivity contribution is 5.60. The first-order valence-corrected chi connectivity index (χ1v) is 8.72. The van der Waals surface area contributed by atoms with Gasteiger partial charge in [0.1, 0.15) is 0 Å². The van der Waals surface area contributed by atoms with Gasteiger partial charge in [0.05, 0.1) is 22.9 Å². The molecule has 0 spiro atoms. The summed E-state index contributed by atoms with van der Waals surface area (Å²) in [5.41, 5.74) is -0.309. The second-order valence-corrected chi connectivity index (χ2v) is 7.70. The van der Waals surface area contributed by atoms with Gasteiger partial charge in [0.25, 0.3) is 0 Å². The van der Waals surface area contributed by atoms with E-state index < -0.39 is 17.3 Å². The molecule has 1 aromatic carbocycles. The first-order valence-electron chi connectivity index (χ1n) is 8.72. The van der Waals surface area contributed by atoms with Crippen molar-refractivity contribution >= 4 is 0 Å². The predicted octanol–water partition coefficient (Wildman–Crippen LogP) is 3.50. The molecule has 0 radical (unpaired) electrons. The maximum Gasteiger partial charge on any atom is 0.417 e. The van der Waals surface area contributed by atoms with Crippen LogP contribution < -0.4 is 0 Å². The van der Waals surface area contributed by atoms with Crippen LogP contribution in [0.15, 0.2) is 18.2 Å². The summed E-state index contributed by atoms with van der Waals surface area (Å²) >= 11 is 0. The van der Waals surface area contributed by atoms with Crippen molar-refractivity contribution in [3.8, 4) is 23.5 Å². The fourth-order valence-electron chi connectivity index (χ4n) is 5.17. The molecule has 2 N–H and O–H groups in total. The second kappa shape index (κ2) is 4.98. The Morgan fingerprint density at radius 2 is 1.85 bits per heavy atom. The number of hydrogen-bond acceptors (Lipinski definition) is 4. The average Bonchev–Trinajstić information content (AvgIpc) is 3.37. The highest BCUT2D eigenvalue weighted by Crippen LogP contribution is 2.68. The molecule has 4 aliphatic rings. The summed E-state index contributed by atoms with van der Waals surface area (Å²) in [4.78, 5) is 2.14. The molecule has 2 aliphatic heterocycles. The molecule has 2 fully saturated rings. The van der Waals surface area contributed by atoms with E-state index in [1.807, 2.05) is 7.05 Å². The number of nitrogens with zero attached hydrogens (tertiary/aromatic N) is 3. The highest BCUT2D eigenvalue weighted by Gasteiger charge is 2.61. The molecule has 3 heterocycles. The Bertz CT molecular complexity index is 1020. The van der Waals surface area contributed by atoms with Gasteiger partial charge in [0.2, 0.25) is 11.8 Å². The van der Waals surface area contributed by atoms with Crippen molar-refractivity contribution in [2.24, 2.45) is 11.8 Å². The molecule has 1 aromatic heterocycles. The van der Waals surface area contributed by atoms with E-state index in [1.165, 1.54) is 12.1 Å². The minimum Gasteiger partial charge on any atom is -0.494 e. The van der Waals surface area contributed by atoms with Gasteiger partial charge in [-0.2, -0.15) is 18.4 Å². The van der Waals surface area contributed by atoms with Crippen molar-refractivity contribution in [2.75, 3.05) is 13.6 Å². The summed E-state index contributed by atoms with van der Waals surface area (Å²) in [5, 5.41) is 30.6. The summed E-state index contributed by atoms with van der Waals surface area (Å²) in [7, 11) is 1.96. The molecule has 2 unspecified atom stereocenters. The van der Waals surface area contributed by atoms with Crippen LogP contribution in [0.3, 0.4) is 0 Å². The van der Waals surface area contributed by atoms with Gasteiger partial charge in [-0.15, -0.1) is 0 Å². The maximum atomic E-state index is 13.3. The minimum absolute atomic E-state index is 0.0125. The topological polar surface area (TPSA) is 72.4 Å². The molecule has 1 saturated carbocycles. The SMILES string of the molecule is CN1CC2c3c(c(O)n(-c4ccc(C#N)c(C(F)(F)F)c4)c3O)C1[C@H]1C[C@@H]21. The quantitative estimate of drug-likeness (QED) is 0.800. The van der Waals surface area contributed by atoms with E-state index in [2.05, 4.69) is 4.90 Å². The lowest BCUT2D eigenvalue weighted by atomic mass is 9.77. The van der Waals surface area contributed by atoms with Gasteiger partial charge in [-0.3, -0.25) is 9.47 Å². The fraction of sp³-hybridized carbons (Fsp3) is 0.421. The van der Waals surface area contributed by atoms with Gasteiger partial charge in [-0.05, 0) is 43.5 Å². The van der Waals surface area contributed by atoms with E-state index in [0.717, 1.165) is 29.7 Å². The number of likely N-dealkylation sites (N-methyl/N-ethyl adjacent to an activating group) is 1. The normalized spacial score (nSPS) is 28.6. The van der Waals surface area contributed by atoms with E-state index >= 15 is 0 Å². The van der Waals surface area contributed by atoms with Crippen LogP contribution in [-0.2, 0) is 6.18 Å². The van der Waals surface area contributed by atoms with Crippen LogP contribution in [0.25, 0.3) is 5.69 Å². The van der Waals surface area contributed by atoms with E-state index in [1.54, 1.807) is 0 Å². The highest BCUT2D eigenvalue weighted by atomic mass is 19.4. The number of nitriles is 1. The third-order valence-electron chi connectivity index (χ3n) is 6.32. The van der Waals surface area contributed by atoms with Gasteiger partial charge >= 0.3 is 6.18 Å². The zero-order valence-electron chi connectivity index (χ0n) is 14.3. The average molecular weight is 375 g/mol. The molecule has 4 atom stereocenters. The standard InChI is InChI=1S/C19H16F3N3O2/c1-24-7-12-10-5-11(10)16(24)15-14(12)17(26)25(18(15)27)9-3-2-8(6-23)13(4-9)19(20,21)22/h2-4,10-12,16,26-27H,5,7H2,1H3/t10-,11+,12?,16?/m1/s1. The maximum absolute atomic E-state index is 13.3. The monoisotopic (exact) mass is 375 g/mol. The summed E-state index contributed by atoms with van der Waals surface area (Å²) in [6.07, 6.45) is -3.66. The van der Waals surface area contributed by atoms with Crippen molar-refractivity contribution < 1.29 is 23.4 Å². The Labute approximate surface area is 152 Å². The lowest BCUT2D eigenvalue weighted by Gasteiger charge is -2.42. The largest absolute Gasteiger partial charge is 0.494 e. The van der Waals surface area contributed by atoms with Crippen LogP contribution in [0.4, 0.5) is 13.2 Å². The minimum atomic E-state index is -4.71. The molecule has 2 aliphatic carbocycles. The number of hydrogen-bond donors (Lipinski definition) is 2. The first-order chi connectivity index (χ1) is 12.7. The van der Waals surface area contributed by atoms with E-state index in [4.69, 9.17) is 5.26 Å². The smallest absolute Gasteiger partial charge is 0.417 e. The molecular weight excluding hydrogens is 359 g/mol. The molecule has 0 amide bonds. The van der Waals surface area contributed by atoms with Crippen LogP contribution in [0, 0.1) is 23.2 Å². The molecular formula is C19H16F3N3O2. The molecule has 5 nitrogen and oxygen atoms in total. The lowest BCUT2D eigenvalue weighted by Crippen LogP contribution is -2.41. The summed E-state index contributed by atoms with van der Waals surface area (Å²) in [5.74, 6) is 0.550. The molecule has 2 aromatic rings. The van der Waals surface area contributed by atoms with Crippen LogP contribution in [0.5, 0.6) is 11.8 Å². The Hall–Kier alpha value is -2.66. The predicted molar refractivity (Wildman–Crippen MR) is 88.5 cm³/mol. The van der Waals surface area contributed by atoms with Crippen LogP contribution in [0.2, 0.25) is 0 Å². The Kier molecular flexibility index (Phi) is 3.05. The zero-order chi connectivity index (χ0) is 19.2. The van der Waals surface area contributed by atoms with Crippen LogP contribution >= 0.6 is 0 Å². The summed E-state index contributed by atoms with van der Waals surface area (Å²) in [6, 6.07) is 4.69. The number of fused-ring (bicyclic) bond motifs is 1. The third-order valence-corrected chi connectivity index (χ3v) is 6.32. The van der Waals surface area contributed by atoms with Crippen molar-refractivity contribution in [1.29, 1.82) is 5.26 Å². The van der Waals surface area contributed by atoms with Crippen molar-refractivity contribution in [3.05, 3.63) is 40.5 Å². The van der Waals surface area contributed by atoms with Gasteiger partial charge in [0, 0.05) is 29.6 Å². The summed E-state index contributed by atoms with van der Waals surface area (Å²) in [6.45, 7) is 0.761. The third kappa shape index (κ3) is 2.03. The molecule has 2 bridgehead atoms. The number of aromatic nitrogens is 1. The number of aromatic hydroxyl groups is 2. The van der Waals surface area contributed by atoms with Crippen molar-refractivity contribution in [1.82, 2.24) is 9.47 Å². The van der Waals surface area contributed by atoms with E-state index in [9.17, 15) is 23.4 Å². The molecule has 1 saturated heterocycles. The Morgan fingerprint density at radius 3 is 2.52 bits per heavy atom.